The maximum Gasteiger partial charge on any atom is 0.408 e. The third kappa shape index (κ3) is 6.10. The molecule has 166 valence electrons. The van der Waals surface area contributed by atoms with Crippen LogP contribution in [-0.4, -0.2) is 26.6 Å². The first kappa shape index (κ1) is 22.9. The second kappa shape index (κ2) is 9.55. The largest absolute Gasteiger partial charge is 0.444 e. The molecule has 0 radical (unpaired) electrons. The summed E-state index contributed by atoms with van der Waals surface area (Å²) in [5, 5.41) is 5.72. The lowest BCUT2D eigenvalue weighted by atomic mass is 10.0. The van der Waals surface area contributed by atoms with Gasteiger partial charge in [-0.15, -0.1) is 3.89 Å². The van der Waals surface area contributed by atoms with E-state index in [0.29, 0.717) is 35.6 Å². The fourth-order valence-corrected chi connectivity index (χ4v) is 3.68. The number of alkyl carbamates (subject to hydrolysis) is 1. The minimum atomic E-state index is -0.669. The first-order valence-corrected chi connectivity index (χ1v) is 10.8. The molecule has 9 heteroatoms. The number of amides is 2. The van der Waals surface area contributed by atoms with Crippen LogP contribution in [0.1, 0.15) is 52.4 Å². The number of anilines is 1. The summed E-state index contributed by atoms with van der Waals surface area (Å²) in [7, 11) is 0. The average molecular weight is 447 g/mol. The molecular weight excluding hydrogens is 419 g/mol. The Bertz CT molecular complexity index is 983. The van der Waals surface area contributed by atoms with Crippen LogP contribution in [0.2, 0.25) is 0 Å². The number of rotatable bonds is 2. The molecule has 1 aromatic carbocycles. The van der Waals surface area contributed by atoms with Crippen LogP contribution in [-0.2, 0) is 9.53 Å². The van der Waals surface area contributed by atoms with Gasteiger partial charge in [0.25, 0.3) is 0 Å². The monoisotopic (exact) mass is 446 g/mol. The van der Waals surface area contributed by atoms with E-state index in [2.05, 4.69) is 15.6 Å². The molecule has 1 aliphatic heterocycles. The van der Waals surface area contributed by atoms with Crippen LogP contribution in [0.4, 0.5) is 14.4 Å². The van der Waals surface area contributed by atoms with Crippen LogP contribution in [0.15, 0.2) is 42.6 Å². The summed E-state index contributed by atoms with van der Waals surface area (Å²) in [5.74, 6) is 0.206. The van der Waals surface area contributed by atoms with Crippen molar-refractivity contribution in [2.24, 2.45) is 5.92 Å². The third-order valence-corrected chi connectivity index (χ3v) is 5.04. The molecule has 3 rings (SSSR count). The van der Waals surface area contributed by atoms with E-state index in [1.165, 1.54) is 3.97 Å². The average Bonchev–Trinajstić information content (AvgIpc) is 3.09. The predicted octanol–water partition coefficient (Wildman–Crippen LogP) is 5.42. The van der Waals surface area contributed by atoms with Gasteiger partial charge >= 0.3 is 6.09 Å². The summed E-state index contributed by atoms with van der Waals surface area (Å²) in [6.45, 7) is 7.26. The molecule has 2 bridgehead atoms. The summed E-state index contributed by atoms with van der Waals surface area (Å²) < 4.78 is 20.5. The van der Waals surface area contributed by atoms with Crippen molar-refractivity contribution in [2.75, 3.05) is 5.32 Å². The maximum atomic E-state index is 13.8. The second-order valence-electron chi connectivity index (χ2n) is 8.52. The number of allylic oxidation sites excluding steroid dienone is 1. The standard InChI is InChI=1S/C22H27FN4O3S/c1-14-8-7-11-17(26-21(29)30-22(2,3)4)20-25-18(13-27(20)31-23)15-9-5-6-10-16(15)24-19(28)12-14/h5-10,13-14,17H,11-12H2,1-4H3,(H,24,28)(H,26,29). The molecule has 31 heavy (non-hydrogen) atoms. The Kier molecular flexibility index (Phi) is 7.04. The lowest BCUT2D eigenvalue weighted by Crippen LogP contribution is -2.35. The number of hydrogen-bond acceptors (Lipinski definition) is 5. The highest BCUT2D eigenvalue weighted by molar-refractivity contribution is 7.92. The van der Waals surface area contributed by atoms with E-state index in [1.54, 1.807) is 33.0 Å². The first-order chi connectivity index (χ1) is 14.7. The number of carbonyl (C=O) groups excluding carboxylic acids is 2. The molecule has 2 heterocycles. The van der Waals surface area contributed by atoms with E-state index in [-0.39, 0.29) is 24.2 Å². The lowest BCUT2D eigenvalue weighted by molar-refractivity contribution is -0.116. The Morgan fingerprint density at radius 1 is 1.35 bits per heavy atom. The number of nitrogens with zero attached hydrogens (tertiary/aromatic N) is 2. The molecule has 2 aromatic rings. The van der Waals surface area contributed by atoms with Crippen LogP contribution in [0.3, 0.4) is 0 Å². The summed E-state index contributed by atoms with van der Waals surface area (Å²) in [6, 6.07) is 6.62. The summed E-state index contributed by atoms with van der Waals surface area (Å²) in [6.07, 6.45) is 5.39. The van der Waals surface area contributed by atoms with Gasteiger partial charge in [0.1, 0.15) is 11.4 Å². The third-order valence-electron chi connectivity index (χ3n) is 4.60. The number of imidazole rings is 1. The SMILES string of the molecule is CC1C=CCC(NC(=O)OC(C)(C)C)c2nc(cn2SF)-c2ccccc2NC(=O)C1. The quantitative estimate of drug-likeness (QED) is 0.602. The molecule has 2 atom stereocenters. The van der Waals surface area contributed by atoms with Gasteiger partial charge in [-0.25, -0.2) is 13.8 Å². The Morgan fingerprint density at radius 2 is 2.10 bits per heavy atom. The number of para-hydroxylation sites is 1. The van der Waals surface area contributed by atoms with Crippen molar-refractivity contribution in [3.05, 3.63) is 48.4 Å². The Morgan fingerprint density at radius 3 is 2.81 bits per heavy atom. The van der Waals surface area contributed by atoms with E-state index < -0.39 is 17.7 Å². The molecule has 0 saturated heterocycles. The van der Waals surface area contributed by atoms with Gasteiger partial charge in [0.05, 0.1) is 17.4 Å². The zero-order chi connectivity index (χ0) is 22.6. The maximum absolute atomic E-state index is 13.8. The van der Waals surface area contributed by atoms with Crippen molar-refractivity contribution in [1.29, 1.82) is 0 Å². The smallest absolute Gasteiger partial charge is 0.408 e. The minimum absolute atomic E-state index is 0.00216. The molecule has 2 amide bonds. The number of nitrogens with one attached hydrogen (secondary N) is 2. The van der Waals surface area contributed by atoms with Gasteiger partial charge in [-0.1, -0.05) is 37.3 Å². The van der Waals surface area contributed by atoms with Crippen molar-refractivity contribution in [1.82, 2.24) is 14.3 Å². The van der Waals surface area contributed by atoms with Gasteiger partial charge in [-0.3, -0.25) is 4.79 Å². The predicted molar refractivity (Wildman–Crippen MR) is 120 cm³/mol. The second-order valence-corrected chi connectivity index (χ2v) is 9.05. The van der Waals surface area contributed by atoms with Gasteiger partial charge in [0.2, 0.25) is 5.91 Å². The number of fused-ring (bicyclic) bond motifs is 4. The minimum Gasteiger partial charge on any atom is -0.444 e. The molecule has 2 N–H and O–H groups in total. The van der Waals surface area contributed by atoms with Crippen molar-refractivity contribution in [3.63, 3.8) is 0 Å². The fourth-order valence-electron chi connectivity index (χ4n) is 3.30. The number of carbonyl (C=O) groups is 2. The summed E-state index contributed by atoms with van der Waals surface area (Å²) in [4.78, 5) is 29.5. The normalized spacial score (nSPS) is 19.3. The molecule has 1 aromatic heterocycles. The number of benzene rings is 1. The van der Waals surface area contributed by atoms with Crippen molar-refractivity contribution >= 4 is 30.0 Å². The van der Waals surface area contributed by atoms with Crippen LogP contribution in [0, 0.1) is 5.92 Å². The van der Waals surface area contributed by atoms with E-state index in [1.807, 2.05) is 37.3 Å². The van der Waals surface area contributed by atoms with Gasteiger partial charge < -0.3 is 15.4 Å². The highest BCUT2D eigenvalue weighted by Crippen LogP contribution is 2.32. The highest BCUT2D eigenvalue weighted by Gasteiger charge is 2.25. The molecule has 0 aliphatic carbocycles. The molecule has 0 fully saturated rings. The van der Waals surface area contributed by atoms with Crippen LogP contribution in [0.5, 0.6) is 0 Å². The van der Waals surface area contributed by atoms with E-state index >= 15 is 0 Å². The molecule has 2 unspecified atom stereocenters. The van der Waals surface area contributed by atoms with Gasteiger partial charge in [-0.05, 0) is 39.2 Å². The Balaban J connectivity index is 2.04. The molecule has 0 spiro atoms. The fraction of sp³-hybridized carbons (Fsp3) is 0.409. The van der Waals surface area contributed by atoms with Gasteiger partial charge in [0, 0.05) is 18.2 Å². The van der Waals surface area contributed by atoms with Crippen LogP contribution < -0.4 is 10.6 Å². The Labute approximate surface area is 185 Å². The summed E-state index contributed by atoms with van der Waals surface area (Å²) >= 11 is -0.00216. The zero-order valence-corrected chi connectivity index (χ0v) is 18.8. The number of halogens is 1. The van der Waals surface area contributed by atoms with E-state index in [0.717, 1.165) is 0 Å². The number of ether oxygens (including phenoxy) is 1. The highest BCUT2D eigenvalue weighted by atomic mass is 32.2. The van der Waals surface area contributed by atoms with Gasteiger partial charge in [0.15, 0.2) is 12.3 Å². The molecule has 1 aliphatic rings. The van der Waals surface area contributed by atoms with Crippen molar-refractivity contribution < 1.29 is 18.2 Å². The van der Waals surface area contributed by atoms with Crippen LogP contribution >= 0.6 is 12.3 Å². The van der Waals surface area contributed by atoms with Gasteiger partial charge in [-0.2, -0.15) is 0 Å². The van der Waals surface area contributed by atoms with E-state index in [9.17, 15) is 13.5 Å². The number of hydrogen-bond donors (Lipinski definition) is 2. The molecule has 7 nitrogen and oxygen atoms in total. The van der Waals surface area contributed by atoms with E-state index in [4.69, 9.17) is 4.74 Å². The topological polar surface area (TPSA) is 85.2 Å². The van der Waals surface area contributed by atoms with Crippen molar-refractivity contribution in [2.45, 2.75) is 52.2 Å². The number of aromatic nitrogens is 2. The summed E-state index contributed by atoms with van der Waals surface area (Å²) in [5.41, 5.74) is 1.08. The first-order valence-electron chi connectivity index (χ1n) is 10.1. The van der Waals surface area contributed by atoms with Crippen molar-refractivity contribution in [3.8, 4) is 11.3 Å². The molecule has 0 saturated carbocycles. The molecular formula is C22H27FN4O3S. The zero-order valence-electron chi connectivity index (χ0n) is 18.0. The van der Waals surface area contributed by atoms with Crippen LogP contribution in [0.25, 0.3) is 11.3 Å². The Hall–Kier alpha value is -2.81. The lowest BCUT2D eigenvalue weighted by Gasteiger charge is -2.23.